The summed E-state index contributed by atoms with van der Waals surface area (Å²) in [6, 6.07) is 10.0. The van der Waals surface area contributed by atoms with Crippen molar-refractivity contribution in [2.45, 2.75) is 13.0 Å². The van der Waals surface area contributed by atoms with Gasteiger partial charge in [0.1, 0.15) is 11.0 Å². The van der Waals surface area contributed by atoms with Crippen LogP contribution in [0.5, 0.6) is 11.5 Å². The summed E-state index contributed by atoms with van der Waals surface area (Å²) in [5, 5.41) is 20.2. The number of aromatic hydroxyl groups is 2. The Morgan fingerprint density at radius 2 is 2.00 bits per heavy atom. The Morgan fingerprint density at radius 1 is 1.16 bits per heavy atom. The first-order valence-corrected chi connectivity index (χ1v) is 8.08. The van der Waals surface area contributed by atoms with Gasteiger partial charge in [0.2, 0.25) is 0 Å². The van der Waals surface area contributed by atoms with E-state index in [-0.39, 0.29) is 17.1 Å². The first kappa shape index (κ1) is 15.5. The van der Waals surface area contributed by atoms with Crippen LogP contribution in [0.3, 0.4) is 0 Å². The number of aryl methyl sites for hydroxylation is 2. The fourth-order valence-electron chi connectivity index (χ4n) is 2.93. The van der Waals surface area contributed by atoms with Crippen molar-refractivity contribution in [3.8, 4) is 11.5 Å². The molecule has 2 aromatic heterocycles. The summed E-state index contributed by atoms with van der Waals surface area (Å²) >= 11 is 6.23. The molecule has 7 heteroatoms. The number of fused-ring (bicyclic) bond motifs is 3. The van der Waals surface area contributed by atoms with E-state index in [1.165, 1.54) is 23.0 Å². The molecule has 0 aliphatic rings. The number of phenols is 2. The molecule has 3 N–H and O–H groups in total. The Balaban J connectivity index is 1.72. The van der Waals surface area contributed by atoms with Crippen LogP contribution in [-0.4, -0.2) is 24.7 Å². The fourth-order valence-corrected chi connectivity index (χ4v) is 3.19. The molecule has 25 heavy (non-hydrogen) atoms. The van der Waals surface area contributed by atoms with Gasteiger partial charge in [-0.2, -0.15) is 0 Å². The van der Waals surface area contributed by atoms with Gasteiger partial charge in [0.05, 0.1) is 11.3 Å². The molecule has 0 saturated heterocycles. The third kappa shape index (κ3) is 2.60. The second-order valence-electron chi connectivity index (χ2n) is 5.83. The Labute approximate surface area is 146 Å². The lowest BCUT2D eigenvalue weighted by atomic mass is 10.1. The summed E-state index contributed by atoms with van der Waals surface area (Å²) in [5.41, 5.74) is 2.37. The molecule has 0 aliphatic heterocycles. The molecule has 4 aromatic rings. The quantitative estimate of drug-likeness (QED) is 0.492. The molecule has 0 radical (unpaired) electrons. The molecular formula is C18H14ClN3O3. The van der Waals surface area contributed by atoms with Gasteiger partial charge in [-0.15, -0.1) is 0 Å². The van der Waals surface area contributed by atoms with E-state index < -0.39 is 0 Å². The number of halogens is 1. The number of nitrogens with zero attached hydrogens (tertiary/aromatic N) is 2. The average molecular weight is 356 g/mol. The number of benzene rings is 2. The molecule has 0 amide bonds. The molecule has 0 atom stereocenters. The zero-order valence-electron chi connectivity index (χ0n) is 13.0. The summed E-state index contributed by atoms with van der Waals surface area (Å²) in [5.74, 6) is -0.345. The molecule has 6 nitrogen and oxygen atoms in total. The van der Waals surface area contributed by atoms with Crippen molar-refractivity contribution in [1.82, 2.24) is 14.5 Å². The zero-order chi connectivity index (χ0) is 17.6. The summed E-state index contributed by atoms with van der Waals surface area (Å²) in [7, 11) is 0. The first-order chi connectivity index (χ1) is 12.0. The van der Waals surface area contributed by atoms with Crippen LogP contribution in [0.2, 0.25) is 5.02 Å². The predicted octanol–water partition coefficient (Wildman–Crippen LogP) is 3.19. The van der Waals surface area contributed by atoms with Gasteiger partial charge >= 0.3 is 0 Å². The predicted molar refractivity (Wildman–Crippen MR) is 96.3 cm³/mol. The molecule has 0 unspecified atom stereocenters. The van der Waals surface area contributed by atoms with Crippen LogP contribution in [0, 0.1) is 0 Å². The van der Waals surface area contributed by atoms with Crippen LogP contribution in [0.4, 0.5) is 0 Å². The van der Waals surface area contributed by atoms with E-state index in [0.29, 0.717) is 29.0 Å². The highest BCUT2D eigenvalue weighted by atomic mass is 35.5. The highest BCUT2D eigenvalue weighted by Gasteiger charge is 2.13. The van der Waals surface area contributed by atoms with Gasteiger partial charge < -0.3 is 15.2 Å². The second-order valence-corrected chi connectivity index (χ2v) is 6.23. The normalized spacial score (nSPS) is 11.4. The second kappa shape index (κ2) is 5.82. The van der Waals surface area contributed by atoms with Crippen molar-refractivity contribution in [3.05, 3.63) is 63.7 Å². The van der Waals surface area contributed by atoms with Gasteiger partial charge in [-0.25, -0.2) is 4.98 Å². The molecule has 0 saturated carbocycles. The van der Waals surface area contributed by atoms with E-state index in [1.54, 1.807) is 12.1 Å². The number of hydrogen-bond acceptors (Lipinski definition) is 4. The van der Waals surface area contributed by atoms with Gasteiger partial charge in [0.15, 0.2) is 11.5 Å². The molecule has 126 valence electrons. The number of hydrogen-bond donors (Lipinski definition) is 3. The minimum absolute atomic E-state index is 0.168. The minimum atomic E-state index is -0.180. The molecular weight excluding hydrogens is 342 g/mol. The largest absolute Gasteiger partial charge is 0.504 e. The lowest BCUT2D eigenvalue weighted by Crippen LogP contribution is -2.21. The number of aromatic nitrogens is 3. The summed E-state index contributed by atoms with van der Waals surface area (Å²) in [6.07, 6.45) is 2.02. The lowest BCUT2D eigenvalue weighted by molar-refractivity contribution is 0.403. The number of H-pyrrole nitrogens is 1. The maximum atomic E-state index is 12.7. The van der Waals surface area contributed by atoms with Gasteiger partial charge in [-0.3, -0.25) is 9.36 Å². The van der Waals surface area contributed by atoms with Crippen molar-refractivity contribution in [3.63, 3.8) is 0 Å². The van der Waals surface area contributed by atoms with Gasteiger partial charge in [-0.1, -0.05) is 23.7 Å². The summed E-state index contributed by atoms with van der Waals surface area (Å²) in [4.78, 5) is 20.2. The van der Waals surface area contributed by atoms with Gasteiger partial charge in [-0.05, 0) is 36.2 Å². The maximum absolute atomic E-state index is 12.7. The number of aromatic amines is 1. The Bertz CT molecular complexity index is 1160. The number of rotatable bonds is 3. The lowest BCUT2D eigenvalue weighted by Gasteiger charge is -2.06. The van der Waals surface area contributed by atoms with Crippen LogP contribution in [-0.2, 0) is 13.0 Å². The van der Waals surface area contributed by atoms with Crippen molar-refractivity contribution in [2.24, 2.45) is 0 Å². The van der Waals surface area contributed by atoms with Crippen LogP contribution >= 0.6 is 11.6 Å². The molecule has 2 heterocycles. The highest BCUT2D eigenvalue weighted by Crippen LogP contribution is 2.28. The van der Waals surface area contributed by atoms with E-state index >= 15 is 0 Å². The summed E-state index contributed by atoms with van der Waals surface area (Å²) in [6.45, 7) is 0.398. The van der Waals surface area contributed by atoms with Crippen LogP contribution in [0.1, 0.15) is 5.56 Å². The van der Waals surface area contributed by atoms with E-state index in [4.69, 9.17) is 11.6 Å². The third-order valence-electron chi connectivity index (χ3n) is 4.23. The van der Waals surface area contributed by atoms with Crippen molar-refractivity contribution >= 4 is 33.5 Å². The average Bonchev–Trinajstić information content (AvgIpc) is 2.98. The van der Waals surface area contributed by atoms with Crippen molar-refractivity contribution in [1.29, 1.82) is 0 Å². The maximum Gasteiger partial charge on any atom is 0.277 e. The monoisotopic (exact) mass is 355 g/mol. The van der Waals surface area contributed by atoms with E-state index in [2.05, 4.69) is 9.97 Å². The van der Waals surface area contributed by atoms with Gasteiger partial charge in [0, 0.05) is 17.4 Å². The van der Waals surface area contributed by atoms with Crippen molar-refractivity contribution in [2.75, 3.05) is 0 Å². The van der Waals surface area contributed by atoms with E-state index in [9.17, 15) is 15.0 Å². The van der Waals surface area contributed by atoms with Crippen LogP contribution in [0.25, 0.3) is 21.9 Å². The number of nitrogens with one attached hydrogen (secondary N) is 1. The summed E-state index contributed by atoms with van der Waals surface area (Å²) < 4.78 is 1.51. The fraction of sp³-hybridized carbons (Fsp3) is 0.111. The minimum Gasteiger partial charge on any atom is -0.504 e. The molecule has 0 spiro atoms. The van der Waals surface area contributed by atoms with Crippen LogP contribution < -0.4 is 5.56 Å². The molecule has 0 aliphatic carbocycles. The Kier molecular flexibility index (Phi) is 3.62. The Morgan fingerprint density at radius 3 is 2.80 bits per heavy atom. The topological polar surface area (TPSA) is 91.1 Å². The molecule has 0 bridgehead atoms. The first-order valence-electron chi connectivity index (χ1n) is 7.71. The highest BCUT2D eigenvalue weighted by molar-refractivity contribution is 6.37. The molecule has 2 aromatic carbocycles. The SMILES string of the molecule is O=c1c2[nH]c3cccc(Cl)c3c2ncn1CCc1ccc(O)c(O)c1. The van der Waals surface area contributed by atoms with E-state index in [0.717, 1.165) is 16.5 Å². The number of phenolic OH excluding ortho intramolecular Hbond substituents is 2. The smallest absolute Gasteiger partial charge is 0.277 e. The Hall–Kier alpha value is -2.99. The van der Waals surface area contributed by atoms with Crippen molar-refractivity contribution < 1.29 is 10.2 Å². The third-order valence-corrected chi connectivity index (χ3v) is 4.54. The van der Waals surface area contributed by atoms with Crippen LogP contribution in [0.15, 0.2) is 47.5 Å². The zero-order valence-corrected chi connectivity index (χ0v) is 13.8. The van der Waals surface area contributed by atoms with Gasteiger partial charge in [0.25, 0.3) is 5.56 Å². The van der Waals surface area contributed by atoms with E-state index in [1.807, 2.05) is 12.1 Å². The molecule has 0 fully saturated rings. The standard InChI is InChI=1S/C18H14ClN3O3/c19-11-2-1-3-12-15(11)16-17(21-12)18(25)22(9-20-16)7-6-10-4-5-13(23)14(24)8-10/h1-5,8-9,21,23-24H,6-7H2. The molecule has 4 rings (SSSR count).